The van der Waals surface area contributed by atoms with Crippen molar-refractivity contribution < 1.29 is 14.3 Å². The summed E-state index contributed by atoms with van der Waals surface area (Å²) in [4.78, 5) is 19.7. The van der Waals surface area contributed by atoms with E-state index in [1.54, 1.807) is 18.3 Å². The molecule has 3 rings (SSSR count). The fourth-order valence-electron chi connectivity index (χ4n) is 2.91. The zero-order valence-electron chi connectivity index (χ0n) is 11.9. The van der Waals surface area contributed by atoms with Gasteiger partial charge in [-0.05, 0) is 33.2 Å². The molecule has 2 aliphatic rings. The molecule has 1 aromatic heterocycles. The van der Waals surface area contributed by atoms with Crippen LogP contribution < -0.4 is 0 Å². The number of aryl methyl sites for hydroxylation is 1. The highest BCUT2D eigenvalue weighted by atomic mass is 32.1. The van der Waals surface area contributed by atoms with Crippen LogP contribution in [-0.2, 0) is 9.47 Å². The minimum atomic E-state index is -0.331. The third kappa shape index (κ3) is 2.60. The van der Waals surface area contributed by atoms with E-state index < -0.39 is 0 Å². The van der Waals surface area contributed by atoms with Crippen LogP contribution in [0.5, 0.6) is 0 Å². The first-order valence-electron chi connectivity index (χ1n) is 7.19. The molecule has 20 heavy (non-hydrogen) atoms. The van der Waals surface area contributed by atoms with E-state index >= 15 is 0 Å². The van der Waals surface area contributed by atoms with Crippen molar-refractivity contribution in [3.8, 4) is 0 Å². The predicted octanol–water partition coefficient (Wildman–Crippen LogP) is 2.16. The van der Waals surface area contributed by atoms with Crippen LogP contribution in [-0.4, -0.2) is 48.2 Å². The first-order valence-corrected chi connectivity index (χ1v) is 8.00. The Morgan fingerprint density at radius 3 is 3.25 bits per heavy atom. The number of thiazole rings is 1. The maximum Gasteiger partial charge on any atom is 0.358 e. The lowest BCUT2D eigenvalue weighted by molar-refractivity contribution is -0.0502. The van der Waals surface area contributed by atoms with Crippen molar-refractivity contribution >= 4 is 17.3 Å². The molecule has 0 bridgehead atoms. The number of esters is 1. The monoisotopic (exact) mass is 296 g/mol. The summed E-state index contributed by atoms with van der Waals surface area (Å²) in [7, 11) is 0. The van der Waals surface area contributed by atoms with Crippen LogP contribution in [0, 0.1) is 6.92 Å². The minimum Gasteiger partial charge on any atom is -0.461 e. The van der Waals surface area contributed by atoms with Gasteiger partial charge in [-0.2, -0.15) is 0 Å². The lowest BCUT2D eigenvalue weighted by atomic mass is 10.2. The zero-order valence-corrected chi connectivity index (χ0v) is 12.7. The van der Waals surface area contributed by atoms with Crippen LogP contribution in [0.2, 0.25) is 0 Å². The second kappa shape index (κ2) is 5.79. The van der Waals surface area contributed by atoms with Gasteiger partial charge in [0.25, 0.3) is 0 Å². The van der Waals surface area contributed by atoms with Gasteiger partial charge in [-0.3, -0.25) is 4.90 Å². The van der Waals surface area contributed by atoms with Gasteiger partial charge < -0.3 is 9.47 Å². The molecule has 0 N–H and O–H groups in total. The second-order valence-electron chi connectivity index (χ2n) is 5.29. The number of carbonyl (C=O) groups excluding carboxylic acids is 1. The minimum absolute atomic E-state index is 0.00349. The number of hydrogen-bond donors (Lipinski definition) is 0. The molecule has 6 heteroatoms. The van der Waals surface area contributed by atoms with Gasteiger partial charge in [-0.25, -0.2) is 9.78 Å². The summed E-state index contributed by atoms with van der Waals surface area (Å²) in [5, 5.41) is 0.899. The Morgan fingerprint density at radius 2 is 2.45 bits per heavy atom. The summed E-state index contributed by atoms with van der Waals surface area (Å²) >= 11 is 1.55. The number of ether oxygens (including phenoxy) is 2. The number of rotatable bonds is 3. The SMILES string of the molecule is CCOC(=O)c1nc(C2CN3CCCC3CO2)sc1C. The van der Waals surface area contributed by atoms with Crippen molar-refractivity contribution in [1.29, 1.82) is 0 Å². The molecule has 0 saturated carbocycles. The van der Waals surface area contributed by atoms with E-state index in [9.17, 15) is 4.79 Å². The molecular formula is C14H20N2O3S. The number of hydrogen-bond acceptors (Lipinski definition) is 6. The molecule has 2 aliphatic heterocycles. The van der Waals surface area contributed by atoms with E-state index in [2.05, 4.69) is 9.88 Å². The molecule has 0 radical (unpaired) electrons. The molecule has 2 saturated heterocycles. The van der Waals surface area contributed by atoms with E-state index in [1.165, 1.54) is 12.8 Å². The van der Waals surface area contributed by atoms with Crippen LogP contribution >= 0.6 is 11.3 Å². The quantitative estimate of drug-likeness (QED) is 0.800. The maximum atomic E-state index is 11.8. The highest BCUT2D eigenvalue weighted by Gasteiger charge is 2.34. The first-order chi connectivity index (χ1) is 9.69. The summed E-state index contributed by atoms with van der Waals surface area (Å²) in [5.74, 6) is -0.331. The fraction of sp³-hybridized carbons (Fsp3) is 0.714. The van der Waals surface area contributed by atoms with Gasteiger partial charge in [0.05, 0.1) is 13.2 Å². The molecule has 0 amide bonds. The lowest BCUT2D eigenvalue weighted by Crippen LogP contribution is -2.42. The van der Waals surface area contributed by atoms with Crippen molar-refractivity contribution in [2.45, 2.75) is 38.8 Å². The van der Waals surface area contributed by atoms with Gasteiger partial charge in [-0.1, -0.05) is 0 Å². The molecular weight excluding hydrogens is 276 g/mol. The predicted molar refractivity (Wildman–Crippen MR) is 76.1 cm³/mol. The Kier molecular flexibility index (Phi) is 4.05. The van der Waals surface area contributed by atoms with Crippen LogP contribution in [0.4, 0.5) is 0 Å². The summed E-state index contributed by atoms with van der Waals surface area (Å²) in [5.41, 5.74) is 0.444. The second-order valence-corrected chi connectivity index (χ2v) is 6.53. The average Bonchev–Trinajstić information content (AvgIpc) is 3.04. The van der Waals surface area contributed by atoms with Gasteiger partial charge in [0.2, 0.25) is 0 Å². The summed E-state index contributed by atoms with van der Waals surface area (Å²) in [6, 6.07) is 0.580. The third-order valence-electron chi connectivity index (χ3n) is 3.95. The van der Waals surface area contributed by atoms with Gasteiger partial charge >= 0.3 is 5.97 Å². The number of morpholine rings is 1. The molecule has 0 spiro atoms. The summed E-state index contributed by atoms with van der Waals surface area (Å²) < 4.78 is 11.0. The third-order valence-corrected chi connectivity index (χ3v) is 5.01. The van der Waals surface area contributed by atoms with Gasteiger partial charge in [0.1, 0.15) is 11.1 Å². The molecule has 1 aromatic rings. The number of carbonyl (C=O) groups is 1. The fourth-order valence-corrected chi connectivity index (χ4v) is 3.86. The number of aromatic nitrogens is 1. The summed E-state index contributed by atoms with van der Waals surface area (Å²) in [6.07, 6.45) is 2.49. The molecule has 0 aromatic carbocycles. The van der Waals surface area contributed by atoms with Crippen molar-refractivity contribution in [1.82, 2.24) is 9.88 Å². The van der Waals surface area contributed by atoms with E-state index in [1.807, 2.05) is 6.92 Å². The topological polar surface area (TPSA) is 51.7 Å². The van der Waals surface area contributed by atoms with E-state index in [4.69, 9.17) is 9.47 Å². The molecule has 110 valence electrons. The maximum absolute atomic E-state index is 11.8. The van der Waals surface area contributed by atoms with Crippen LogP contribution in [0.3, 0.4) is 0 Å². The Morgan fingerprint density at radius 1 is 1.60 bits per heavy atom. The van der Waals surface area contributed by atoms with Gasteiger partial charge in [0, 0.05) is 17.5 Å². The van der Waals surface area contributed by atoms with E-state index in [0.29, 0.717) is 18.3 Å². The molecule has 5 nitrogen and oxygen atoms in total. The van der Waals surface area contributed by atoms with Gasteiger partial charge in [0.15, 0.2) is 5.69 Å². The molecule has 0 aliphatic carbocycles. The standard InChI is InChI=1S/C14H20N2O3S/c1-3-18-14(17)12-9(2)20-13(15-12)11-7-16-6-4-5-10(16)8-19-11/h10-11H,3-8H2,1-2H3. The van der Waals surface area contributed by atoms with Crippen molar-refractivity contribution in [2.75, 3.05) is 26.3 Å². The van der Waals surface area contributed by atoms with Crippen molar-refractivity contribution in [2.24, 2.45) is 0 Å². The van der Waals surface area contributed by atoms with Crippen molar-refractivity contribution in [3.63, 3.8) is 0 Å². The average molecular weight is 296 g/mol. The molecule has 2 unspecified atom stereocenters. The van der Waals surface area contributed by atoms with Crippen LogP contribution in [0.25, 0.3) is 0 Å². The summed E-state index contributed by atoms with van der Waals surface area (Å²) in [6.45, 7) is 6.91. The van der Waals surface area contributed by atoms with E-state index in [-0.39, 0.29) is 12.1 Å². The zero-order chi connectivity index (χ0) is 14.1. The Bertz CT molecular complexity index is 503. The molecule has 3 heterocycles. The molecule has 2 fully saturated rings. The molecule has 2 atom stereocenters. The van der Waals surface area contributed by atoms with Crippen LogP contribution in [0.15, 0.2) is 0 Å². The Hall–Kier alpha value is -0.980. The van der Waals surface area contributed by atoms with E-state index in [0.717, 1.165) is 29.6 Å². The normalized spacial score (nSPS) is 26.5. The number of nitrogens with zero attached hydrogens (tertiary/aromatic N) is 2. The Labute approximate surface area is 122 Å². The van der Waals surface area contributed by atoms with Crippen LogP contribution in [0.1, 0.15) is 46.2 Å². The number of fused-ring (bicyclic) bond motifs is 1. The largest absolute Gasteiger partial charge is 0.461 e. The van der Waals surface area contributed by atoms with Gasteiger partial charge in [-0.15, -0.1) is 11.3 Å². The first kappa shape index (κ1) is 14.0. The highest BCUT2D eigenvalue weighted by molar-refractivity contribution is 7.11. The van der Waals surface area contributed by atoms with Crippen molar-refractivity contribution in [3.05, 3.63) is 15.6 Å². The lowest BCUT2D eigenvalue weighted by Gasteiger charge is -2.34. The smallest absolute Gasteiger partial charge is 0.358 e. The highest BCUT2D eigenvalue weighted by Crippen LogP contribution is 2.33. The Balaban J connectivity index is 1.74.